The van der Waals surface area contributed by atoms with E-state index >= 15 is 0 Å². The molecule has 1 aliphatic rings. The van der Waals surface area contributed by atoms with E-state index in [1.807, 2.05) is 35.2 Å². The predicted molar refractivity (Wildman–Crippen MR) is 95.6 cm³/mol. The first-order valence-electron chi connectivity index (χ1n) is 8.97. The lowest BCUT2D eigenvalue weighted by Crippen LogP contribution is -2.30. The zero-order valence-electron chi connectivity index (χ0n) is 15.2. The van der Waals surface area contributed by atoms with Crippen molar-refractivity contribution < 1.29 is 14.1 Å². The third-order valence-corrected chi connectivity index (χ3v) is 4.83. The van der Waals surface area contributed by atoms with E-state index < -0.39 is 0 Å². The molecule has 0 aliphatic carbocycles. The second kappa shape index (κ2) is 7.72. The molecule has 5 nitrogen and oxygen atoms in total. The summed E-state index contributed by atoms with van der Waals surface area (Å²) in [5.74, 6) is 2.17. The number of carbonyl (C=O) groups is 1. The first-order valence-corrected chi connectivity index (χ1v) is 8.97. The van der Waals surface area contributed by atoms with Gasteiger partial charge >= 0.3 is 0 Å². The van der Waals surface area contributed by atoms with Crippen molar-refractivity contribution in [2.24, 2.45) is 0 Å². The van der Waals surface area contributed by atoms with Crippen molar-refractivity contribution in [3.05, 3.63) is 47.3 Å². The van der Waals surface area contributed by atoms with Crippen LogP contribution in [0.2, 0.25) is 0 Å². The minimum absolute atomic E-state index is 0.0309. The molecule has 134 valence electrons. The molecule has 25 heavy (non-hydrogen) atoms. The number of amides is 1. The van der Waals surface area contributed by atoms with Gasteiger partial charge in [0, 0.05) is 19.0 Å². The van der Waals surface area contributed by atoms with Crippen LogP contribution in [-0.4, -0.2) is 29.6 Å². The van der Waals surface area contributed by atoms with Crippen molar-refractivity contribution in [3.63, 3.8) is 0 Å². The molecule has 0 bridgehead atoms. The average molecular weight is 342 g/mol. The highest BCUT2D eigenvalue weighted by atomic mass is 16.5. The Morgan fingerprint density at radius 3 is 2.76 bits per heavy atom. The fourth-order valence-corrected chi connectivity index (χ4v) is 3.28. The lowest BCUT2D eigenvalue weighted by Gasteiger charge is -2.22. The van der Waals surface area contributed by atoms with Crippen LogP contribution in [0.3, 0.4) is 0 Å². The van der Waals surface area contributed by atoms with Crippen molar-refractivity contribution in [2.45, 2.75) is 51.5 Å². The summed E-state index contributed by atoms with van der Waals surface area (Å²) in [6.07, 6.45) is 3.20. The number of carbonyl (C=O) groups excluding carboxylic acids is 1. The van der Waals surface area contributed by atoms with Crippen molar-refractivity contribution in [1.29, 1.82) is 0 Å². The van der Waals surface area contributed by atoms with Crippen LogP contribution in [0.5, 0.6) is 5.75 Å². The van der Waals surface area contributed by atoms with E-state index in [4.69, 9.17) is 9.26 Å². The number of rotatable bonds is 6. The summed E-state index contributed by atoms with van der Waals surface area (Å²) in [6.45, 7) is 4.98. The Balaban J connectivity index is 1.61. The Labute approximate surface area is 148 Å². The zero-order chi connectivity index (χ0) is 17.8. The molecule has 5 heteroatoms. The molecule has 0 saturated carbocycles. The molecule has 3 rings (SSSR count). The number of methoxy groups -OCH3 is 1. The number of benzene rings is 1. The maximum absolute atomic E-state index is 12.7. The fourth-order valence-electron chi connectivity index (χ4n) is 3.28. The molecule has 0 radical (unpaired) electrons. The van der Waals surface area contributed by atoms with Gasteiger partial charge in [-0.1, -0.05) is 31.1 Å². The van der Waals surface area contributed by atoms with Crippen LogP contribution >= 0.6 is 0 Å². The predicted octanol–water partition coefficient (Wildman–Crippen LogP) is 4.10. The molecule has 1 saturated heterocycles. The number of likely N-dealkylation sites (tertiary alicyclic amines) is 1. The van der Waals surface area contributed by atoms with E-state index in [0.717, 1.165) is 48.6 Å². The van der Waals surface area contributed by atoms with Gasteiger partial charge < -0.3 is 14.2 Å². The molecule has 1 fully saturated rings. The number of nitrogens with zero attached hydrogens (tertiary/aromatic N) is 2. The average Bonchev–Trinajstić information content (AvgIpc) is 3.28. The molecule has 1 amide bonds. The summed E-state index contributed by atoms with van der Waals surface area (Å²) in [4.78, 5) is 14.7. The van der Waals surface area contributed by atoms with Gasteiger partial charge in [-0.05, 0) is 42.9 Å². The first kappa shape index (κ1) is 17.5. The lowest BCUT2D eigenvalue weighted by atomic mass is 10.1. The smallest absolute Gasteiger partial charge is 0.223 e. The quantitative estimate of drug-likeness (QED) is 0.793. The SMILES string of the molecule is COc1ccc(CCC(=O)N2CCC[C@@H]2c2cc(C(C)C)no2)cc1. The van der Waals surface area contributed by atoms with Crippen LogP contribution in [0.4, 0.5) is 0 Å². The minimum atomic E-state index is 0.0309. The number of hydrogen-bond donors (Lipinski definition) is 0. The molecule has 1 aromatic carbocycles. The van der Waals surface area contributed by atoms with Crippen LogP contribution in [0.15, 0.2) is 34.9 Å². The third-order valence-electron chi connectivity index (χ3n) is 4.83. The van der Waals surface area contributed by atoms with Gasteiger partial charge in [0.05, 0.1) is 18.8 Å². The van der Waals surface area contributed by atoms with E-state index in [9.17, 15) is 4.79 Å². The van der Waals surface area contributed by atoms with E-state index in [-0.39, 0.29) is 11.9 Å². The lowest BCUT2D eigenvalue weighted by molar-refractivity contribution is -0.132. The normalized spacial score (nSPS) is 17.3. The first-order chi connectivity index (χ1) is 12.1. The second-order valence-corrected chi connectivity index (χ2v) is 6.90. The van der Waals surface area contributed by atoms with Crippen LogP contribution in [0, 0.1) is 0 Å². The fraction of sp³-hybridized carbons (Fsp3) is 0.500. The molecule has 0 spiro atoms. The summed E-state index contributed by atoms with van der Waals surface area (Å²) >= 11 is 0. The summed E-state index contributed by atoms with van der Waals surface area (Å²) in [7, 11) is 1.65. The summed E-state index contributed by atoms with van der Waals surface area (Å²) < 4.78 is 10.7. The summed E-state index contributed by atoms with van der Waals surface area (Å²) in [5.41, 5.74) is 2.10. The van der Waals surface area contributed by atoms with Gasteiger partial charge in [-0.25, -0.2) is 0 Å². The van der Waals surface area contributed by atoms with Gasteiger partial charge in [0.15, 0.2) is 5.76 Å². The van der Waals surface area contributed by atoms with Crippen LogP contribution in [0.25, 0.3) is 0 Å². The van der Waals surface area contributed by atoms with Gasteiger partial charge in [0.2, 0.25) is 5.91 Å². The van der Waals surface area contributed by atoms with E-state index in [1.165, 1.54) is 0 Å². The Morgan fingerprint density at radius 1 is 1.36 bits per heavy atom. The van der Waals surface area contributed by atoms with E-state index in [0.29, 0.717) is 12.3 Å². The Morgan fingerprint density at radius 2 is 2.12 bits per heavy atom. The number of ether oxygens (including phenoxy) is 1. The topological polar surface area (TPSA) is 55.6 Å². The number of hydrogen-bond acceptors (Lipinski definition) is 4. The van der Waals surface area contributed by atoms with Crippen LogP contribution < -0.4 is 4.74 Å². The molecule has 1 aromatic heterocycles. The molecule has 1 atom stereocenters. The molecule has 2 heterocycles. The molecule has 1 aliphatic heterocycles. The standard InChI is InChI=1S/C20H26N2O3/c1-14(2)17-13-19(25-21-17)18-5-4-12-22(18)20(23)11-8-15-6-9-16(24-3)10-7-15/h6-7,9-10,13-14,18H,4-5,8,11-12H2,1-3H3/t18-/m1/s1. The monoisotopic (exact) mass is 342 g/mol. The third kappa shape index (κ3) is 4.03. The van der Waals surface area contributed by atoms with Gasteiger partial charge in [-0.2, -0.15) is 0 Å². The Hall–Kier alpha value is -2.30. The Bertz CT molecular complexity index is 706. The van der Waals surface area contributed by atoms with Crippen molar-refractivity contribution in [1.82, 2.24) is 10.1 Å². The minimum Gasteiger partial charge on any atom is -0.497 e. The van der Waals surface area contributed by atoms with Crippen LogP contribution in [-0.2, 0) is 11.2 Å². The zero-order valence-corrected chi connectivity index (χ0v) is 15.2. The van der Waals surface area contributed by atoms with Crippen molar-refractivity contribution in [3.8, 4) is 5.75 Å². The van der Waals surface area contributed by atoms with Crippen LogP contribution in [0.1, 0.15) is 62.1 Å². The molecular weight excluding hydrogens is 316 g/mol. The molecule has 0 unspecified atom stereocenters. The molecule has 0 N–H and O–H groups in total. The molecular formula is C20H26N2O3. The van der Waals surface area contributed by atoms with Gasteiger partial charge in [0.1, 0.15) is 5.75 Å². The highest BCUT2D eigenvalue weighted by Crippen LogP contribution is 2.33. The largest absolute Gasteiger partial charge is 0.497 e. The summed E-state index contributed by atoms with van der Waals surface area (Å²) in [6, 6.07) is 9.92. The van der Waals surface area contributed by atoms with E-state index in [2.05, 4.69) is 19.0 Å². The second-order valence-electron chi connectivity index (χ2n) is 6.90. The number of aromatic nitrogens is 1. The highest BCUT2D eigenvalue weighted by Gasteiger charge is 2.32. The van der Waals surface area contributed by atoms with Gasteiger partial charge in [0.25, 0.3) is 0 Å². The van der Waals surface area contributed by atoms with Gasteiger partial charge in [-0.15, -0.1) is 0 Å². The summed E-state index contributed by atoms with van der Waals surface area (Å²) in [5, 5.41) is 4.14. The maximum atomic E-state index is 12.7. The Kier molecular flexibility index (Phi) is 5.41. The molecule has 2 aromatic rings. The van der Waals surface area contributed by atoms with Crippen molar-refractivity contribution in [2.75, 3.05) is 13.7 Å². The van der Waals surface area contributed by atoms with Gasteiger partial charge in [-0.3, -0.25) is 4.79 Å². The van der Waals surface area contributed by atoms with E-state index in [1.54, 1.807) is 7.11 Å². The number of aryl methyl sites for hydroxylation is 1. The van der Waals surface area contributed by atoms with Crippen molar-refractivity contribution >= 4 is 5.91 Å². The highest BCUT2D eigenvalue weighted by molar-refractivity contribution is 5.77. The maximum Gasteiger partial charge on any atom is 0.223 e.